The van der Waals surface area contributed by atoms with Gasteiger partial charge in [-0.3, -0.25) is 9.59 Å². The summed E-state index contributed by atoms with van der Waals surface area (Å²) in [6, 6.07) is 6.51. The molecule has 0 spiro atoms. The summed E-state index contributed by atoms with van der Waals surface area (Å²) in [5, 5.41) is 2.20. The van der Waals surface area contributed by atoms with Gasteiger partial charge in [-0.2, -0.15) is 0 Å². The number of carbonyl (C=O) groups excluding carboxylic acids is 2. The molecule has 3 N–H and O–H groups in total. The van der Waals surface area contributed by atoms with Crippen molar-refractivity contribution in [1.82, 2.24) is 10.2 Å². The molecule has 0 aromatic heterocycles. The first-order valence-corrected chi connectivity index (χ1v) is 9.55. The number of thioether (sulfide) groups is 1. The second-order valence-electron chi connectivity index (χ2n) is 7.40. The van der Waals surface area contributed by atoms with Gasteiger partial charge < -0.3 is 16.0 Å². The van der Waals surface area contributed by atoms with Crippen LogP contribution in [0, 0.1) is 0 Å². The number of hydrogen-bond acceptors (Lipinski definition) is 4. The molecule has 2 amide bonds. The summed E-state index contributed by atoms with van der Waals surface area (Å²) in [4.78, 5) is 26.4. The van der Waals surface area contributed by atoms with E-state index < -0.39 is 31.0 Å². The fourth-order valence-electron chi connectivity index (χ4n) is 2.55. The van der Waals surface area contributed by atoms with E-state index in [0.717, 1.165) is 5.56 Å². The van der Waals surface area contributed by atoms with Crippen molar-refractivity contribution in [2.45, 2.75) is 38.2 Å². The summed E-state index contributed by atoms with van der Waals surface area (Å²) < 4.78 is 26.5. The molecule has 1 aromatic rings. The number of carbonyl (C=O) groups is 2. The van der Waals surface area contributed by atoms with Crippen LogP contribution in [0.2, 0.25) is 0 Å². The van der Waals surface area contributed by atoms with Gasteiger partial charge in [0.15, 0.2) is 0 Å². The number of nitrogens with zero attached hydrogens (tertiary/aromatic N) is 1. The molecule has 1 heterocycles. The van der Waals surface area contributed by atoms with Crippen LogP contribution in [-0.2, 0) is 10.2 Å². The largest absolute Gasteiger partial charge is 0.348 e. The van der Waals surface area contributed by atoms with Gasteiger partial charge >= 0.3 is 0 Å². The molecule has 1 saturated heterocycles. The fraction of sp³-hybridized carbons (Fsp3) is 0.556. The smallest absolute Gasteiger partial charge is 0.277 e. The minimum atomic E-state index is -3.15. The molecule has 0 bridgehead atoms. The third kappa shape index (κ3) is 4.94. The third-order valence-corrected chi connectivity index (χ3v) is 5.28. The number of nitrogens with one attached hydrogen (secondary N) is 1. The maximum atomic E-state index is 13.2. The number of halogens is 2. The molecule has 8 heteroatoms. The molecular formula is C18H25F2N3O2S. The van der Waals surface area contributed by atoms with E-state index in [2.05, 4.69) is 26.1 Å². The second kappa shape index (κ2) is 7.92. The number of hydrogen-bond donors (Lipinski definition) is 2. The van der Waals surface area contributed by atoms with Crippen LogP contribution in [0.4, 0.5) is 8.78 Å². The van der Waals surface area contributed by atoms with E-state index in [1.807, 2.05) is 12.1 Å². The number of benzene rings is 1. The fourth-order valence-corrected chi connectivity index (χ4v) is 3.70. The predicted octanol–water partition coefficient (Wildman–Crippen LogP) is 2.21. The van der Waals surface area contributed by atoms with Crippen LogP contribution in [0.3, 0.4) is 0 Å². The first kappa shape index (κ1) is 20.6. The topological polar surface area (TPSA) is 75.4 Å². The van der Waals surface area contributed by atoms with Gasteiger partial charge in [0.25, 0.3) is 11.8 Å². The molecule has 0 aliphatic carbocycles. The number of alkyl halides is 2. The van der Waals surface area contributed by atoms with Crippen molar-refractivity contribution in [2.24, 2.45) is 5.73 Å². The molecule has 144 valence electrons. The van der Waals surface area contributed by atoms with Gasteiger partial charge in [-0.05, 0) is 23.1 Å². The monoisotopic (exact) mass is 385 g/mol. The number of amides is 2. The second-order valence-corrected chi connectivity index (χ2v) is 8.40. The molecule has 0 saturated carbocycles. The molecule has 1 fully saturated rings. The van der Waals surface area contributed by atoms with Gasteiger partial charge in [-0.15, -0.1) is 11.8 Å². The standard InChI is InChI=1S/C18H25F2N3O2S/c1-17(2,3)13-6-4-12(5-7-13)16(25)23-11-26-8-14(23)15(24)22-10-18(19,20)9-21/h4-7,14H,8-11,21H2,1-3H3,(H,22,24). The van der Waals surface area contributed by atoms with Crippen LogP contribution in [0.15, 0.2) is 24.3 Å². The van der Waals surface area contributed by atoms with Crippen LogP contribution in [0.25, 0.3) is 0 Å². The van der Waals surface area contributed by atoms with E-state index in [1.165, 1.54) is 16.7 Å². The molecular weight excluding hydrogens is 360 g/mol. The van der Waals surface area contributed by atoms with Gasteiger partial charge in [0.05, 0.1) is 19.0 Å². The highest BCUT2D eigenvalue weighted by molar-refractivity contribution is 7.99. The molecule has 5 nitrogen and oxygen atoms in total. The lowest BCUT2D eigenvalue weighted by atomic mass is 9.86. The van der Waals surface area contributed by atoms with E-state index in [9.17, 15) is 18.4 Å². The highest BCUT2D eigenvalue weighted by Gasteiger charge is 2.36. The van der Waals surface area contributed by atoms with Crippen molar-refractivity contribution in [3.05, 3.63) is 35.4 Å². The molecule has 26 heavy (non-hydrogen) atoms. The minimum absolute atomic E-state index is 0.0261. The van der Waals surface area contributed by atoms with E-state index in [4.69, 9.17) is 5.73 Å². The van der Waals surface area contributed by atoms with Crippen LogP contribution >= 0.6 is 11.8 Å². The van der Waals surface area contributed by atoms with Gasteiger partial charge in [0, 0.05) is 11.3 Å². The summed E-state index contributed by atoms with van der Waals surface area (Å²) in [5.41, 5.74) is 6.52. The normalized spacial score (nSPS) is 18.1. The minimum Gasteiger partial charge on any atom is -0.348 e. The maximum Gasteiger partial charge on any atom is 0.277 e. The highest BCUT2D eigenvalue weighted by Crippen LogP contribution is 2.26. The van der Waals surface area contributed by atoms with Crippen molar-refractivity contribution >= 4 is 23.6 Å². The van der Waals surface area contributed by atoms with Crippen LogP contribution < -0.4 is 11.1 Å². The SMILES string of the molecule is CC(C)(C)c1ccc(C(=O)N2CSCC2C(=O)NCC(F)(F)CN)cc1. The molecule has 1 aliphatic heterocycles. The lowest BCUT2D eigenvalue weighted by Gasteiger charge is -2.25. The van der Waals surface area contributed by atoms with Crippen LogP contribution in [0.5, 0.6) is 0 Å². The van der Waals surface area contributed by atoms with Crippen molar-refractivity contribution in [2.75, 3.05) is 24.7 Å². The first-order chi connectivity index (χ1) is 12.0. The Kier molecular flexibility index (Phi) is 6.29. The molecule has 1 unspecified atom stereocenters. The lowest BCUT2D eigenvalue weighted by Crippen LogP contribution is -2.50. The molecule has 2 rings (SSSR count). The molecule has 1 aliphatic rings. The van der Waals surface area contributed by atoms with Crippen molar-refractivity contribution in [3.63, 3.8) is 0 Å². The van der Waals surface area contributed by atoms with Gasteiger partial charge in [0.1, 0.15) is 6.04 Å². The average Bonchev–Trinajstić information content (AvgIpc) is 3.08. The molecule has 1 aromatic carbocycles. The van der Waals surface area contributed by atoms with Crippen molar-refractivity contribution < 1.29 is 18.4 Å². The third-order valence-electron chi connectivity index (χ3n) is 4.26. The zero-order chi connectivity index (χ0) is 19.5. The quantitative estimate of drug-likeness (QED) is 0.815. The van der Waals surface area contributed by atoms with Gasteiger partial charge in [0.2, 0.25) is 5.91 Å². The summed E-state index contributed by atoms with van der Waals surface area (Å²) in [7, 11) is 0. The number of rotatable bonds is 5. The van der Waals surface area contributed by atoms with Gasteiger partial charge in [-0.25, -0.2) is 8.78 Å². The van der Waals surface area contributed by atoms with Crippen LogP contribution in [0.1, 0.15) is 36.7 Å². The van der Waals surface area contributed by atoms with E-state index in [1.54, 1.807) is 12.1 Å². The van der Waals surface area contributed by atoms with Crippen LogP contribution in [-0.4, -0.2) is 53.4 Å². The Balaban J connectivity index is 2.07. The number of nitrogens with two attached hydrogens (primary N) is 1. The lowest BCUT2D eigenvalue weighted by molar-refractivity contribution is -0.126. The zero-order valence-corrected chi connectivity index (χ0v) is 16.0. The molecule has 1 atom stereocenters. The van der Waals surface area contributed by atoms with Crippen molar-refractivity contribution in [3.8, 4) is 0 Å². The summed E-state index contributed by atoms with van der Waals surface area (Å²) >= 11 is 1.42. The Morgan fingerprint density at radius 2 is 1.88 bits per heavy atom. The van der Waals surface area contributed by atoms with Crippen molar-refractivity contribution in [1.29, 1.82) is 0 Å². The first-order valence-electron chi connectivity index (χ1n) is 8.40. The Morgan fingerprint density at radius 1 is 1.27 bits per heavy atom. The van der Waals surface area contributed by atoms with E-state index >= 15 is 0 Å². The summed E-state index contributed by atoms with van der Waals surface area (Å²) in [6.45, 7) is 4.58. The Labute approximate surface area is 156 Å². The summed E-state index contributed by atoms with van der Waals surface area (Å²) in [6.07, 6.45) is 0. The Morgan fingerprint density at radius 3 is 2.42 bits per heavy atom. The average molecular weight is 385 g/mol. The molecule has 0 radical (unpaired) electrons. The van der Waals surface area contributed by atoms with Gasteiger partial charge in [-0.1, -0.05) is 32.9 Å². The maximum absolute atomic E-state index is 13.2. The summed E-state index contributed by atoms with van der Waals surface area (Å²) in [5.74, 6) is -3.28. The predicted molar refractivity (Wildman–Crippen MR) is 99.4 cm³/mol. The van der Waals surface area contributed by atoms with E-state index in [-0.39, 0.29) is 11.3 Å². The zero-order valence-electron chi connectivity index (χ0n) is 15.2. The Hall–Kier alpha value is -1.67. The Bertz CT molecular complexity index is 659. The van der Waals surface area contributed by atoms with E-state index in [0.29, 0.717) is 17.2 Å². The highest BCUT2D eigenvalue weighted by atomic mass is 32.2.